The highest BCUT2D eigenvalue weighted by Gasteiger charge is 2.34. The third kappa shape index (κ3) is 3.76. The predicted octanol–water partition coefficient (Wildman–Crippen LogP) is 3.44. The van der Waals surface area contributed by atoms with Crippen molar-refractivity contribution in [1.29, 1.82) is 0 Å². The summed E-state index contributed by atoms with van der Waals surface area (Å²) < 4.78 is 39.6. The zero-order valence-electron chi connectivity index (χ0n) is 12.8. The van der Waals surface area contributed by atoms with E-state index in [1.807, 2.05) is 0 Å². The van der Waals surface area contributed by atoms with Gasteiger partial charge in [-0.15, -0.1) is 0 Å². The van der Waals surface area contributed by atoms with Gasteiger partial charge in [0.15, 0.2) is 0 Å². The SMILES string of the molecule is O=C(c1cc(F)cc(F)c1)N(CC(O)c1ccc(F)cc1)C1CC1. The molecular weight excluding hydrogens is 319 g/mol. The molecule has 0 radical (unpaired) electrons. The van der Waals surface area contributed by atoms with Crippen LogP contribution in [0.1, 0.15) is 34.9 Å². The molecule has 0 aromatic heterocycles. The van der Waals surface area contributed by atoms with E-state index in [2.05, 4.69) is 0 Å². The van der Waals surface area contributed by atoms with E-state index in [4.69, 9.17) is 0 Å². The summed E-state index contributed by atoms with van der Waals surface area (Å²) in [6.07, 6.45) is 0.549. The number of carbonyl (C=O) groups is 1. The first-order chi connectivity index (χ1) is 11.4. The lowest BCUT2D eigenvalue weighted by atomic mass is 10.1. The van der Waals surface area contributed by atoms with E-state index >= 15 is 0 Å². The summed E-state index contributed by atoms with van der Waals surface area (Å²) in [7, 11) is 0. The molecule has 2 aromatic carbocycles. The molecule has 3 rings (SSSR count). The van der Waals surface area contributed by atoms with Crippen molar-refractivity contribution in [2.45, 2.75) is 25.0 Å². The zero-order valence-corrected chi connectivity index (χ0v) is 12.8. The number of aliphatic hydroxyl groups excluding tert-OH is 1. The van der Waals surface area contributed by atoms with Crippen molar-refractivity contribution in [2.24, 2.45) is 0 Å². The molecule has 1 aliphatic rings. The van der Waals surface area contributed by atoms with Crippen LogP contribution in [-0.4, -0.2) is 28.5 Å². The number of rotatable bonds is 5. The molecule has 1 amide bonds. The Morgan fingerprint density at radius 3 is 2.17 bits per heavy atom. The Kier molecular flexibility index (Phi) is 4.57. The van der Waals surface area contributed by atoms with E-state index in [1.54, 1.807) is 0 Å². The number of carbonyl (C=O) groups excluding carboxylic acids is 1. The lowest BCUT2D eigenvalue weighted by molar-refractivity contribution is 0.0602. The lowest BCUT2D eigenvalue weighted by Gasteiger charge is -2.25. The van der Waals surface area contributed by atoms with Crippen LogP contribution in [0.5, 0.6) is 0 Å². The summed E-state index contributed by atoms with van der Waals surface area (Å²) in [6, 6.07) is 7.93. The van der Waals surface area contributed by atoms with E-state index < -0.39 is 29.5 Å². The van der Waals surface area contributed by atoms with Gasteiger partial charge in [-0.25, -0.2) is 13.2 Å². The van der Waals surface area contributed by atoms with E-state index in [0.29, 0.717) is 11.6 Å². The minimum atomic E-state index is -1.01. The summed E-state index contributed by atoms with van der Waals surface area (Å²) in [6.45, 7) is -0.0206. The molecule has 1 fully saturated rings. The number of hydrogen-bond donors (Lipinski definition) is 1. The fourth-order valence-corrected chi connectivity index (χ4v) is 2.60. The summed E-state index contributed by atoms with van der Waals surface area (Å²) in [5.41, 5.74) is 0.381. The topological polar surface area (TPSA) is 40.5 Å². The Hall–Kier alpha value is -2.34. The highest BCUT2D eigenvalue weighted by Crippen LogP contribution is 2.30. The molecule has 126 valence electrons. The van der Waals surface area contributed by atoms with Gasteiger partial charge in [-0.05, 0) is 42.7 Å². The van der Waals surface area contributed by atoms with Gasteiger partial charge in [0.2, 0.25) is 0 Å². The second-order valence-electron chi connectivity index (χ2n) is 5.91. The molecule has 1 unspecified atom stereocenters. The largest absolute Gasteiger partial charge is 0.387 e. The first-order valence-corrected chi connectivity index (χ1v) is 7.64. The molecule has 2 aromatic rings. The van der Waals surface area contributed by atoms with Crippen LogP contribution in [0.2, 0.25) is 0 Å². The Labute approximate surface area is 137 Å². The Morgan fingerprint density at radius 2 is 1.62 bits per heavy atom. The second-order valence-corrected chi connectivity index (χ2v) is 5.91. The predicted molar refractivity (Wildman–Crippen MR) is 81.8 cm³/mol. The Bertz CT molecular complexity index is 724. The third-order valence-electron chi connectivity index (χ3n) is 3.98. The average molecular weight is 335 g/mol. The van der Waals surface area contributed by atoms with Gasteiger partial charge in [0.1, 0.15) is 17.5 Å². The lowest BCUT2D eigenvalue weighted by Crippen LogP contribution is -2.36. The minimum Gasteiger partial charge on any atom is -0.387 e. The van der Waals surface area contributed by atoms with Crippen LogP contribution in [0.15, 0.2) is 42.5 Å². The molecule has 1 saturated carbocycles. The monoisotopic (exact) mass is 335 g/mol. The van der Waals surface area contributed by atoms with Crippen molar-refractivity contribution in [1.82, 2.24) is 4.90 Å². The molecule has 0 heterocycles. The Balaban J connectivity index is 1.79. The maximum absolute atomic E-state index is 13.3. The number of aliphatic hydroxyl groups is 1. The molecule has 1 aliphatic carbocycles. The van der Waals surface area contributed by atoms with Gasteiger partial charge >= 0.3 is 0 Å². The molecule has 0 spiro atoms. The van der Waals surface area contributed by atoms with E-state index in [0.717, 1.165) is 25.0 Å². The van der Waals surface area contributed by atoms with Crippen molar-refractivity contribution in [2.75, 3.05) is 6.54 Å². The summed E-state index contributed by atoms with van der Waals surface area (Å²) >= 11 is 0. The van der Waals surface area contributed by atoms with Gasteiger partial charge in [-0.3, -0.25) is 4.79 Å². The fraction of sp³-hybridized carbons (Fsp3) is 0.278. The number of amides is 1. The maximum atomic E-state index is 13.3. The van der Waals surface area contributed by atoms with Gasteiger partial charge in [0.25, 0.3) is 5.91 Å². The van der Waals surface area contributed by atoms with Crippen molar-refractivity contribution in [3.63, 3.8) is 0 Å². The summed E-state index contributed by atoms with van der Waals surface area (Å²) in [5, 5.41) is 10.3. The molecule has 3 nitrogen and oxygen atoms in total. The number of nitrogens with zero attached hydrogens (tertiary/aromatic N) is 1. The highest BCUT2D eigenvalue weighted by atomic mass is 19.1. The smallest absolute Gasteiger partial charge is 0.254 e. The zero-order chi connectivity index (χ0) is 17.3. The molecule has 0 bridgehead atoms. The Morgan fingerprint density at radius 1 is 1.04 bits per heavy atom. The van der Waals surface area contributed by atoms with Crippen LogP contribution >= 0.6 is 0 Å². The third-order valence-corrected chi connectivity index (χ3v) is 3.98. The summed E-state index contributed by atoms with van der Waals surface area (Å²) in [4.78, 5) is 14.0. The quantitative estimate of drug-likeness (QED) is 0.909. The van der Waals surface area contributed by atoms with Gasteiger partial charge in [0, 0.05) is 17.7 Å². The molecule has 1 atom stereocenters. The van der Waals surface area contributed by atoms with Crippen LogP contribution in [0.25, 0.3) is 0 Å². The fourth-order valence-electron chi connectivity index (χ4n) is 2.60. The molecular formula is C18H16F3NO2. The number of halogens is 3. The average Bonchev–Trinajstić information content (AvgIpc) is 3.36. The molecule has 24 heavy (non-hydrogen) atoms. The highest BCUT2D eigenvalue weighted by molar-refractivity contribution is 5.94. The van der Waals surface area contributed by atoms with E-state index in [9.17, 15) is 23.1 Å². The number of hydrogen-bond acceptors (Lipinski definition) is 2. The van der Waals surface area contributed by atoms with Crippen LogP contribution in [-0.2, 0) is 0 Å². The van der Waals surface area contributed by atoms with Gasteiger partial charge < -0.3 is 10.0 Å². The standard InChI is InChI=1S/C18H16F3NO2/c19-13-3-1-11(2-4-13)17(23)10-22(16-5-6-16)18(24)12-7-14(20)9-15(21)8-12/h1-4,7-9,16-17,23H,5-6,10H2. The van der Waals surface area contributed by atoms with Gasteiger partial charge in [-0.2, -0.15) is 0 Å². The van der Waals surface area contributed by atoms with Crippen molar-refractivity contribution >= 4 is 5.91 Å². The van der Waals surface area contributed by atoms with Gasteiger partial charge in [-0.1, -0.05) is 12.1 Å². The first-order valence-electron chi connectivity index (χ1n) is 7.64. The van der Waals surface area contributed by atoms with E-state index in [1.165, 1.54) is 29.2 Å². The van der Waals surface area contributed by atoms with Crippen molar-refractivity contribution in [3.05, 3.63) is 71.0 Å². The van der Waals surface area contributed by atoms with E-state index in [-0.39, 0.29) is 18.2 Å². The van der Waals surface area contributed by atoms with Crippen LogP contribution in [0.4, 0.5) is 13.2 Å². The van der Waals surface area contributed by atoms with Crippen molar-refractivity contribution in [3.8, 4) is 0 Å². The molecule has 6 heteroatoms. The number of benzene rings is 2. The summed E-state index contributed by atoms with van der Waals surface area (Å²) in [5.74, 6) is -2.60. The molecule has 1 N–H and O–H groups in total. The van der Waals surface area contributed by atoms with Crippen LogP contribution in [0.3, 0.4) is 0 Å². The van der Waals surface area contributed by atoms with Crippen LogP contribution in [0, 0.1) is 17.5 Å². The minimum absolute atomic E-state index is 0.0206. The first kappa shape index (κ1) is 16.5. The maximum Gasteiger partial charge on any atom is 0.254 e. The normalized spacial score (nSPS) is 15.2. The van der Waals surface area contributed by atoms with Crippen LogP contribution < -0.4 is 0 Å². The van der Waals surface area contributed by atoms with Crippen molar-refractivity contribution < 1.29 is 23.1 Å². The van der Waals surface area contributed by atoms with Gasteiger partial charge in [0.05, 0.1) is 12.6 Å². The molecule has 0 saturated heterocycles. The second kappa shape index (κ2) is 6.65. The molecule has 0 aliphatic heterocycles.